The van der Waals surface area contributed by atoms with Crippen LogP contribution < -0.4 is 5.32 Å². The molecule has 1 unspecified atom stereocenters. The van der Waals surface area contributed by atoms with Gasteiger partial charge in [-0.3, -0.25) is 10.1 Å². The molecule has 6 heteroatoms. The highest BCUT2D eigenvalue weighted by Gasteiger charge is 2.13. The van der Waals surface area contributed by atoms with Crippen molar-refractivity contribution >= 4 is 22.7 Å². The van der Waals surface area contributed by atoms with E-state index in [2.05, 4.69) is 17.2 Å². The van der Waals surface area contributed by atoms with Crippen molar-refractivity contribution in [2.45, 2.75) is 33.2 Å². The Labute approximate surface area is 121 Å². The maximum absolute atomic E-state index is 10.8. The van der Waals surface area contributed by atoms with E-state index in [4.69, 9.17) is 0 Å². The quantitative estimate of drug-likeness (QED) is 0.665. The third kappa shape index (κ3) is 3.14. The van der Waals surface area contributed by atoms with E-state index in [-0.39, 0.29) is 16.7 Å². The summed E-state index contributed by atoms with van der Waals surface area (Å²) in [6.45, 7) is 5.89. The van der Waals surface area contributed by atoms with Crippen LogP contribution in [-0.2, 0) is 6.42 Å². The third-order valence-electron chi connectivity index (χ3n) is 3.07. The monoisotopic (exact) mass is 291 g/mol. The standard InChI is InChI=1S/C14H17N3O2S/c1-4-12-8-15-14(20-12)10(3)16-11-5-6-13(17(18)19)9(2)7-11/h5-8,10,16H,4H2,1-3H3. The van der Waals surface area contributed by atoms with Crippen molar-refractivity contribution in [2.24, 2.45) is 0 Å². The minimum absolute atomic E-state index is 0.0844. The van der Waals surface area contributed by atoms with Crippen LogP contribution in [0, 0.1) is 17.0 Å². The number of hydrogen-bond acceptors (Lipinski definition) is 5. The Morgan fingerprint density at radius 3 is 2.80 bits per heavy atom. The molecule has 0 spiro atoms. The van der Waals surface area contributed by atoms with Gasteiger partial charge in [-0.25, -0.2) is 4.98 Å². The normalized spacial score (nSPS) is 12.2. The highest BCUT2D eigenvalue weighted by Crippen LogP contribution is 2.27. The first-order chi connectivity index (χ1) is 9.51. The van der Waals surface area contributed by atoms with Crippen molar-refractivity contribution in [1.29, 1.82) is 0 Å². The molecule has 0 fully saturated rings. The average molecular weight is 291 g/mol. The Morgan fingerprint density at radius 2 is 2.25 bits per heavy atom. The molecule has 0 saturated carbocycles. The Morgan fingerprint density at radius 1 is 1.50 bits per heavy atom. The van der Waals surface area contributed by atoms with Gasteiger partial charge in [0.05, 0.1) is 11.0 Å². The topological polar surface area (TPSA) is 68.1 Å². The average Bonchev–Trinajstić information content (AvgIpc) is 2.87. The van der Waals surface area contributed by atoms with E-state index in [1.165, 1.54) is 10.9 Å². The number of nitro groups is 1. The van der Waals surface area contributed by atoms with Crippen LogP contribution in [0.5, 0.6) is 0 Å². The SMILES string of the molecule is CCc1cnc(C(C)Nc2ccc([N+](=O)[O-])c(C)c2)s1. The maximum atomic E-state index is 10.8. The Hall–Kier alpha value is -1.95. The molecule has 0 saturated heterocycles. The summed E-state index contributed by atoms with van der Waals surface area (Å²) in [5.41, 5.74) is 1.67. The number of nitrogens with zero attached hydrogens (tertiary/aromatic N) is 2. The second kappa shape index (κ2) is 6.00. The molecule has 5 nitrogen and oxygen atoms in total. The molecule has 0 radical (unpaired) electrons. The van der Waals surface area contributed by atoms with Crippen molar-refractivity contribution < 1.29 is 4.92 Å². The molecular formula is C14H17N3O2S. The fourth-order valence-corrected chi connectivity index (χ4v) is 2.81. The summed E-state index contributed by atoms with van der Waals surface area (Å²) in [5, 5.41) is 15.1. The Kier molecular flexibility index (Phi) is 4.34. The number of nitrogens with one attached hydrogen (secondary N) is 1. The maximum Gasteiger partial charge on any atom is 0.272 e. The highest BCUT2D eigenvalue weighted by molar-refractivity contribution is 7.11. The molecule has 1 aromatic heterocycles. The van der Waals surface area contributed by atoms with E-state index in [9.17, 15) is 10.1 Å². The van der Waals surface area contributed by atoms with E-state index in [0.717, 1.165) is 17.1 Å². The molecule has 0 aliphatic heterocycles. The molecule has 106 valence electrons. The first kappa shape index (κ1) is 14.5. The number of benzene rings is 1. The number of nitro benzene ring substituents is 1. The van der Waals surface area contributed by atoms with Gasteiger partial charge in [0.2, 0.25) is 0 Å². The lowest BCUT2D eigenvalue weighted by molar-refractivity contribution is -0.385. The van der Waals surface area contributed by atoms with Gasteiger partial charge >= 0.3 is 0 Å². The van der Waals surface area contributed by atoms with Gasteiger partial charge in [0, 0.05) is 28.4 Å². The first-order valence-corrected chi connectivity index (χ1v) is 7.29. The summed E-state index contributed by atoms with van der Waals surface area (Å²) in [5.74, 6) is 0. The summed E-state index contributed by atoms with van der Waals surface area (Å²) in [4.78, 5) is 16.1. The fraction of sp³-hybridized carbons (Fsp3) is 0.357. The van der Waals surface area contributed by atoms with Crippen molar-refractivity contribution in [3.05, 3.63) is 50.0 Å². The summed E-state index contributed by atoms with van der Waals surface area (Å²) >= 11 is 1.69. The van der Waals surface area contributed by atoms with Crippen molar-refractivity contribution in [3.8, 4) is 0 Å². The van der Waals surface area contributed by atoms with Gasteiger partial charge in [-0.1, -0.05) is 6.92 Å². The molecule has 0 aliphatic carbocycles. The van der Waals surface area contributed by atoms with Gasteiger partial charge < -0.3 is 5.32 Å². The fourth-order valence-electron chi connectivity index (χ4n) is 1.95. The number of aryl methyl sites for hydroxylation is 2. The molecule has 0 amide bonds. The number of aromatic nitrogens is 1. The number of thiazole rings is 1. The molecule has 1 N–H and O–H groups in total. The lowest BCUT2D eigenvalue weighted by atomic mass is 10.1. The van der Waals surface area contributed by atoms with Crippen LogP contribution in [0.2, 0.25) is 0 Å². The number of anilines is 1. The van der Waals surface area contributed by atoms with Crippen LogP contribution >= 0.6 is 11.3 Å². The summed E-state index contributed by atoms with van der Waals surface area (Å²) in [7, 11) is 0. The molecule has 1 aromatic carbocycles. The number of hydrogen-bond donors (Lipinski definition) is 1. The van der Waals surface area contributed by atoms with Crippen molar-refractivity contribution in [1.82, 2.24) is 4.98 Å². The molecule has 0 aliphatic rings. The van der Waals surface area contributed by atoms with E-state index in [0.29, 0.717) is 5.56 Å². The lowest BCUT2D eigenvalue weighted by Gasteiger charge is -2.13. The zero-order chi connectivity index (χ0) is 14.7. The zero-order valence-corrected chi connectivity index (χ0v) is 12.5. The van der Waals surface area contributed by atoms with Crippen LogP contribution in [0.15, 0.2) is 24.4 Å². The molecule has 1 atom stereocenters. The van der Waals surface area contributed by atoms with Crippen LogP contribution in [0.4, 0.5) is 11.4 Å². The first-order valence-electron chi connectivity index (χ1n) is 6.47. The van der Waals surface area contributed by atoms with E-state index in [1.807, 2.05) is 13.1 Å². The van der Waals surface area contributed by atoms with E-state index in [1.54, 1.807) is 30.4 Å². The summed E-state index contributed by atoms with van der Waals surface area (Å²) < 4.78 is 0. The number of rotatable bonds is 5. The minimum Gasteiger partial charge on any atom is -0.376 e. The van der Waals surface area contributed by atoms with Gasteiger partial charge in [-0.05, 0) is 32.4 Å². The van der Waals surface area contributed by atoms with Gasteiger partial charge in [0.15, 0.2) is 0 Å². The Balaban J connectivity index is 2.13. The van der Waals surface area contributed by atoms with Gasteiger partial charge in [0.25, 0.3) is 5.69 Å². The van der Waals surface area contributed by atoms with E-state index >= 15 is 0 Å². The summed E-state index contributed by atoms with van der Waals surface area (Å²) in [6, 6.07) is 5.14. The van der Waals surface area contributed by atoms with Gasteiger partial charge in [-0.2, -0.15) is 0 Å². The van der Waals surface area contributed by atoms with E-state index < -0.39 is 0 Å². The minimum atomic E-state index is -0.364. The predicted molar refractivity (Wildman–Crippen MR) is 81.4 cm³/mol. The Bertz CT molecular complexity index is 625. The third-order valence-corrected chi connectivity index (χ3v) is 4.39. The van der Waals surface area contributed by atoms with Gasteiger partial charge in [-0.15, -0.1) is 11.3 Å². The van der Waals surface area contributed by atoms with Crippen molar-refractivity contribution in [3.63, 3.8) is 0 Å². The lowest BCUT2D eigenvalue weighted by Crippen LogP contribution is -2.06. The van der Waals surface area contributed by atoms with Crippen LogP contribution in [0.25, 0.3) is 0 Å². The molecular weight excluding hydrogens is 274 g/mol. The van der Waals surface area contributed by atoms with Crippen LogP contribution in [-0.4, -0.2) is 9.91 Å². The van der Waals surface area contributed by atoms with Crippen molar-refractivity contribution in [2.75, 3.05) is 5.32 Å². The van der Waals surface area contributed by atoms with Crippen LogP contribution in [0.3, 0.4) is 0 Å². The van der Waals surface area contributed by atoms with Gasteiger partial charge in [0.1, 0.15) is 5.01 Å². The smallest absolute Gasteiger partial charge is 0.272 e. The molecule has 0 bridgehead atoms. The summed E-state index contributed by atoms with van der Waals surface area (Å²) in [6.07, 6.45) is 2.89. The molecule has 1 heterocycles. The second-order valence-electron chi connectivity index (χ2n) is 4.64. The van der Waals surface area contributed by atoms with Crippen LogP contribution in [0.1, 0.15) is 35.3 Å². The molecule has 2 rings (SSSR count). The largest absolute Gasteiger partial charge is 0.376 e. The molecule has 20 heavy (non-hydrogen) atoms. The second-order valence-corrected chi connectivity index (χ2v) is 5.79. The predicted octanol–water partition coefficient (Wildman–Crippen LogP) is 4.10. The highest BCUT2D eigenvalue weighted by atomic mass is 32.1. The zero-order valence-electron chi connectivity index (χ0n) is 11.7. The molecule has 2 aromatic rings.